The molecule has 0 aliphatic rings. The predicted octanol–water partition coefficient (Wildman–Crippen LogP) is 23.5. The maximum absolute atomic E-state index is 14.2. The first kappa shape index (κ1) is 70.7. The van der Waals surface area contributed by atoms with E-state index in [1.54, 1.807) is 0 Å². The number of nitrogens with zero attached hydrogens (tertiary/aromatic N) is 1. The lowest BCUT2D eigenvalue weighted by Gasteiger charge is -2.27. The number of hydrogen-bond donors (Lipinski definition) is 0. The van der Waals surface area contributed by atoms with Crippen LogP contribution in [0.25, 0.3) is 0 Å². The minimum Gasteiger partial charge on any atom is -0.466 e. The second-order valence-electron chi connectivity index (χ2n) is 23.3. The highest BCUT2D eigenvalue weighted by molar-refractivity contribution is 5.83. The van der Waals surface area contributed by atoms with E-state index in [1.807, 2.05) is 0 Å². The van der Waals surface area contributed by atoms with Gasteiger partial charge in [-0.2, -0.15) is 0 Å². The van der Waals surface area contributed by atoms with Crippen LogP contribution in [-0.2, 0) is 14.3 Å². The lowest BCUT2D eigenvalue weighted by atomic mass is 9.95. The van der Waals surface area contributed by atoms with Gasteiger partial charge in [0.15, 0.2) is 0 Å². The van der Waals surface area contributed by atoms with Crippen LogP contribution in [-0.4, -0.2) is 36.5 Å². The number of amides is 1. The Bertz CT molecular complexity index is 1060. The van der Waals surface area contributed by atoms with Gasteiger partial charge < -0.3 is 9.64 Å². The van der Waals surface area contributed by atoms with Crippen LogP contribution in [0.2, 0.25) is 0 Å². The van der Waals surface area contributed by atoms with E-state index in [9.17, 15) is 9.59 Å². The zero-order valence-electron chi connectivity index (χ0n) is 50.1. The molecule has 0 aromatic carbocycles. The summed E-state index contributed by atoms with van der Waals surface area (Å²) >= 11 is 0. The fourth-order valence-corrected chi connectivity index (χ4v) is 10.9. The quantitative estimate of drug-likeness (QED) is 0.0346. The maximum Gasteiger partial charge on any atom is 0.306 e. The van der Waals surface area contributed by atoms with Gasteiger partial charge in [0, 0.05) is 19.0 Å². The van der Waals surface area contributed by atoms with Crippen LogP contribution < -0.4 is 0 Å². The number of ether oxygens (including phenoxy) is 1. The molecule has 1 amide bonds. The average molecular weight is 1010 g/mol. The van der Waals surface area contributed by atoms with Gasteiger partial charge in [-0.3, -0.25) is 9.59 Å². The predicted molar refractivity (Wildman–Crippen MR) is 321 cm³/mol. The number of allylic oxidation sites excluding steroid dienone is 2. The zero-order valence-corrected chi connectivity index (χ0v) is 50.1. The molecule has 0 radical (unpaired) electrons. The SMILES string of the molecule is CCCCCCCC/C=C/CCCCCCCCCCCCCCCCCCCCCCCCCCCCCCC(CC(=O)OCCCCCCCC)C(=O)N(CCCCCCCC)CCCCCCCC. The summed E-state index contributed by atoms with van der Waals surface area (Å²) in [6, 6.07) is 0. The molecule has 1 unspecified atom stereocenters. The molecule has 1 atom stereocenters. The van der Waals surface area contributed by atoms with Crippen LogP contribution in [0.1, 0.15) is 387 Å². The second-order valence-corrected chi connectivity index (χ2v) is 23.3. The van der Waals surface area contributed by atoms with E-state index >= 15 is 0 Å². The van der Waals surface area contributed by atoms with Crippen LogP contribution in [0.15, 0.2) is 12.2 Å². The minimum atomic E-state index is -0.228. The van der Waals surface area contributed by atoms with E-state index in [2.05, 4.69) is 44.7 Å². The van der Waals surface area contributed by atoms with Crippen molar-refractivity contribution in [1.82, 2.24) is 4.90 Å². The van der Waals surface area contributed by atoms with Crippen LogP contribution in [0.4, 0.5) is 0 Å². The summed E-state index contributed by atoms with van der Waals surface area (Å²) in [7, 11) is 0. The number of rotatable bonds is 62. The number of carbonyl (C=O) groups is 2. The third kappa shape index (κ3) is 54.9. The Morgan fingerprint density at radius 2 is 0.569 bits per heavy atom. The standard InChI is InChI=1S/C68H133NO3/c1-5-9-13-17-21-22-23-24-25-26-27-28-29-30-31-32-33-34-35-36-37-38-39-40-41-42-43-44-45-46-47-48-49-50-51-52-53-57-61-66(65-67(70)72-64-60-56-20-16-12-8-4)68(71)69(62-58-54-18-14-10-6-2)63-59-55-19-15-11-7-3/h24-25,66H,5-23,26-65H2,1-4H3/b25-24+. The monoisotopic (exact) mass is 1010 g/mol. The molecule has 428 valence electrons. The van der Waals surface area contributed by atoms with E-state index in [0.717, 1.165) is 51.6 Å². The van der Waals surface area contributed by atoms with Crippen LogP contribution in [0.5, 0.6) is 0 Å². The van der Waals surface area contributed by atoms with Crippen molar-refractivity contribution in [2.24, 2.45) is 5.92 Å². The van der Waals surface area contributed by atoms with E-state index in [4.69, 9.17) is 4.74 Å². The van der Waals surface area contributed by atoms with Crippen LogP contribution >= 0.6 is 0 Å². The number of hydrogen-bond acceptors (Lipinski definition) is 3. The zero-order chi connectivity index (χ0) is 52.2. The summed E-state index contributed by atoms with van der Waals surface area (Å²) in [4.78, 5) is 29.5. The highest BCUT2D eigenvalue weighted by Gasteiger charge is 2.27. The highest BCUT2D eigenvalue weighted by Crippen LogP contribution is 2.22. The van der Waals surface area contributed by atoms with Crippen molar-refractivity contribution in [2.45, 2.75) is 387 Å². The Morgan fingerprint density at radius 1 is 0.319 bits per heavy atom. The molecular weight excluding hydrogens is 879 g/mol. The van der Waals surface area contributed by atoms with E-state index in [0.29, 0.717) is 6.61 Å². The molecule has 0 N–H and O–H groups in total. The van der Waals surface area contributed by atoms with Crippen LogP contribution in [0, 0.1) is 5.92 Å². The van der Waals surface area contributed by atoms with Crippen molar-refractivity contribution in [1.29, 1.82) is 0 Å². The molecule has 0 rings (SSSR count). The molecular formula is C68H133NO3. The molecule has 4 nitrogen and oxygen atoms in total. The first-order valence-corrected chi connectivity index (χ1v) is 33.7. The Labute approximate surface area is 454 Å². The van der Waals surface area contributed by atoms with E-state index in [1.165, 1.54) is 315 Å². The van der Waals surface area contributed by atoms with Crippen molar-refractivity contribution in [3.8, 4) is 0 Å². The summed E-state index contributed by atoms with van der Waals surface area (Å²) in [5.41, 5.74) is 0. The van der Waals surface area contributed by atoms with Crippen molar-refractivity contribution in [3.05, 3.63) is 12.2 Å². The first-order valence-electron chi connectivity index (χ1n) is 33.7. The van der Waals surface area contributed by atoms with Crippen molar-refractivity contribution < 1.29 is 14.3 Å². The van der Waals surface area contributed by atoms with Crippen LogP contribution in [0.3, 0.4) is 0 Å². The molecule has 0 aromatic heterocycles. The topological polar surface area (TPSA) is 46.6 Å². The van der Waals surface area contributed by atoms with Gasteiger partial charge in [-0.1, -0.05) is 342 Å². The fraction of sp³-hybridized carbons (Fsp3) is 0.941. The number of unbranched alkanes of at least 4 members (excludes halogenated alkanes) is 49. The van der Waals surface area contributed by atoms with Gasteiger partial charge in [0.25, 0.3) is 0 Å². The number of carbonyl (C=O) groups excluding carboxylic acids is 2. The smallest absolute Gasteiger partial charge is 0.306 e. The Balaban J connectivity index is 4.03. The Morgan fingerprint density at radius 3 is 0.875 bits per heavy atom. The molecule has 0 aliphatic heterocycles. The minimum absolute atomic E-state index is 0.156. The molecule has 0 fully saturated rings. The molecule has 0 aliphatic carbocycles. The Kier molecular flexibility index (Phi) is 61.1. The van der Waals surface area contributed by atoms with Gasteiger partial charge in [0.2, 0.25) is 5.91 Å². The van der Waals surface area contributed by atoms with Crippen molar-refractivity contribution >= 4 is 11.9 Å². The lowest BCUT2D eigenvalue weighted by Crippen LogP contribution is -2.38. The lowest BCUT2D eigenvalue weighted by molar-refractivity contribution is -0.149. The highest BCUT2D eigenvalue weighted by atomic mass is 16.5. The normalized spacial score (nSPS) is 12.1. The van der Waals surface area contributed by atoms with Gasteiger partial charge in [-0.05, 0) is 51.4 Å². The van der Waals surface area contributed by atoms with Gasteiger partial charge in [0.1, 0.15) is 0 Å². The molecule has 0 saturated heterocycles. The van der Waals surface area contributed by atoms with E-state index in [-0.39, 0.29) is 24.2 Å². The average Bonchev–Trinajstić information content (AvgIpc) is 3.38. The van der Waals surface area contributed by atoms with Gasteiger partial charge >= 0.3 is 5.97 Å². The summed E-state index contributed by atoms with van der Waals surface area (Å²) < 4.78 is 5.75. The molecule has 0 saturated carbocycles. The maximum atomic E-state index is 14.2. The van der Waals surface area contributed by atoms with Gasteiger partial charge in [0.05, 0.1) is 13.0 Å². The van der Waals surface area contributed by atoms with Gasteiger partial charge in [-0.25, -0.2) is 0 Å². The Hall–Kier alpha value is -1.32. The largest absolute Gasteiger partial charge is 0.466 e. The summed E-state index contributed by atoms with van der Waals surface area (Å²) in [5.74, 6) is -0.153. The summed E-state index contributed by atoms with van der Waals surface area (Å²) in [6.45, 7) is 11.3. The van der Waals surface area contributed by atoms with Gasteiger partial charge in [-0.15, -0.1) is 0 Å². The molecule has 72 heavy (non-hydrogen) atoms. The van der Waals surface area contributed by atoms with Crippen molar-refractivity contribution in [2.75, 3.05) is 19.7 Å². The summed E-state index contributed by atoms with van der Waals surface area (Å²) in [5, 5.41) is 0. The fourth-order valence-electron chi connectivity index (χ4n) is 10.9. The summed E-state index contributed by atoms with van der Waals surface area (Å²) in [6.07, 6.45) is 78.3. The second kappa shape index (κ2) is 62.2. The van der Waals surface area contributed by atoms with E-state index < -0.39 is 0 Å². The van der Waals surface area contributed by atoms with Crippen molar-refractivity contribution in [3.63, 3.8) is 0 Å². The third-order valence-corrected chi connectivity index (χ3v) is 16.0. The molecule has 0 bridgehead atoms. The first-order chi connectivity index (χ1) is 35.6. The molecule has 0 heterocycles. The third-order valence-electron chi connectivity index (χ3n) is 16.0. The molecule has 0 aromatic rings. The molecule has 4 heteroatoms. The number of esters is 1. The molecule has 0 spiro atoms.